The molecule has 170 valence electrons. The lowest BCUT2D eigenvalue weighted by Crippen LogP contribution is -2.46. The van der Waals surface area contributed by atoms with E-state index in [4.69, 9.17) is 23.6 Å². The first-order valence-corrected chi connectivity index (χ1v) is 10.8. The Balaban J connectivity index is 1.71. The number of hydrogen-bond acceptors (Lipinski definition) is 6. The van der Waals surface area contributed by atoms with E-state index in [-0.39, 0.29) is 6.04 Å². The number of furan rings is 1. The molecule has 31 heavy (non-hydrogen) atoms. The highest BCUT2D eigenvalue weighted by atomic mass is 16.5. The van der Waals surface area contributed by atoms with Crippen LogP contribution < -0.4 is 20.1 Å². The molecule has 2 N–H and O–H groups in total. The summed E-state index contributed by atoms with van der Waals surface area (Å²) < 4.78 is 22.3. The average Bonchev–Trinajstić information content (AvgIpc) is 3.24. The molecular formula is C23H34N4O4. The molecule has 1 atom stereocenters. The summed E-state index contributed by atoms with van der Waals surface area (Å²) in [6.45, 7) is 9.20. The maximum Gasteiger partial charge on any atom is 0.191 e. The summed E-state index contributed by atoms with van der Waals surface area (Å²) in [5.74, 6) is 4.15. The SMILES string of the molecule is CCNC(=NCc1ccc(OC)cc1OC)NCC(c1ccc(C)o1)N1CCOCC1. The number of methoxy groups -OCH3 is 2. The second kappa shape index (κ2) is 11.6. The van der Waals surface area contributed by atoms with Crippen molar-refractivity contribution in [2.45, 2.75) is 26.4 Å². The first-order chi connectivity index (χ1) is 15.1. The zero-order valence-electron chi connectivity index (χ0n) is 18.9. The third-order valence-electron chi connectivity index (χ3n) is 5.28. The summed E-state index contributed by atoms with van der Waals surface area (Å²) in [5, 5.41) is 6.81. The highest BCUT2D eigenvalue weighted by Gasteiger charge is 2.25. The summed E-state index contributed by atoms with van der Waals surface area (Å²) in [5.41, 5.74) is 0.992. The summed E-state index contributed by atoms with van der Waals surface area (Å²) in [7, 11) is 3.30. The number of hydrogen-bond donors (Lipinski definition) is 2. The quantitative estimate of drug-likeness (QED) is 0.468. The minimum absolute atomic E-state index is 0.108. The van der Waals surface area contributed by atoms with Crippen LogP contribution in [0.4, 0.5) is 0 Å². The molecule has 1 saturated heterocycles. The van der Waals surface area contributed by atoms with Crippen LogP contribution in [0.2, 0.25) is 0 Å². The molecule has 0 spiro atoms. The molecule has 0 radical (unpaired) electrons. The normalized spacial score (nSPS) is 16.1. The van der Waals surface area contributed by atoms with Crippen LogP contribution in [-0.4, -0.2) is 64.5 Å². The van der Waals surface area contributed by atoms with Gasteiger partial charge in [0.15, 0.2) is 5.96 Å². The van der Waals surface area contributed by atoms with Gasteiger partial charge in [0, 0.05) is 37.8 Å². The number of guanidine groups is 1. The Morgan fingerprint density at radius 3 is 2.58 bits per heavy atom. The molecule has 1 aliphatic heterocycles. The highest BCUT2D eigenvalue weighted by molar-refractivity contribution is 5.79. The standard InChI is InChI=1S/C23H34N4O4/c1-5-24-23(25-15-18-7-8-19(28-3)14-22(18)29-4)26-16-20(21-9-6-17(2)31-21)27-10-12-30-13-11-27/h6-9,14,20H,5,10-13,15-16H2,1-4H3,(H2,24,25,26). The second-order valence-corrected chi connectivity index (χ2v) is 7.37. The van der Waals surface area contributed by atoms with E-state index < -0.39 is 0 Å². The van der Waals surface area contributed by atoms with Gasteiger partial charge in [0.05, 0.1) is 40.0 Å². The largest absolute Gasteiger partial charge is 0.497 e. The van der Waals surface area contributed by atoms with Crippen LogP contribution in [0.5, 0.6) is 11.5 Å². The highest BCUT2D eigenvalue weighted by Crippen LogP contribution is 2.25. The monoisotopic (exact) mass is 430 g/mol. The van der Waals surface area contributed by atoms with Gasteiger partial charge in [0.1, 0.15) is 23.0 Å². The fraction of sp³-hybridized carbons (Fsp3) is 0.522. The van der Waals surface area contributed by atoms with Crippen molar-refractivity contribution in [3.05, 3.63) is 47.4 Å². The van der Waals surface area contributed by atoms with Crippen LogP contribution in [0.15, 0.2) is 39.7 Å². The van der Waals surface area contributed by atoms with E-state index in [1.807, 2.05) is 31.2 Å². The maximum absolute atomic E-state index is 5.96. The Morgan fingerprint density at radius 1 is 1.13 bits per heavy atom. The van der Waals surface area contributed by atoms with Crippen molar-refractivity contribution in [2.75, 3.05) is 53.6 Å². The molecular weight excluding hydrogens is 396 g/mol. The van der Waals surface area contributed by atoms with E-state index in [0.717, 1.165) is 67.4 Å². The molecule has 1 aromatic carbocycles. The fourth-order valence-electron chi connectivity index (χ4n) is 3.61. The smallest absolute Gasteiger partial charge is 0.191 e. The number of ether oxygens (including phenoxy) is 3. The summed E-state index contributed by atoms with van der Waals surface area (Å²) in [4.78, 5) is 7.16. The zero-order valence-corrected chi connectivity index (χ0v) is 18.9. The van der Waals surface area contributed by atoms with Gasteiger partial charge in [-0.2, -0.15) is 0 Å². The molecule has 8 nitrogen and oxygen atoms in total. The number of aryl methyl sites for hydroxylation is 1. The van der Waals surface area contributed by atoms with Crippen molar-refractivity contribution < 1.29 is 18.6 Å². The number of nitrogens with zero attached hydrogens (tertiary/aromatic N) is 2. The third-order valence-corrected chi connectivity index (χ3v) is 5.28. The first-order valence-electron chi connectivity index (χ1n) is 10.8. The van der Waals surface area contributed by atoms with Gasteiger partial charge in [-0.1, -0.05) is 0 Å². The predicted molar refractivity (Wildman–Crippen MR) is 121 cm³/mol. The summed E-state index contributed by atoms with van der Waals surface area (Å²) >= 11 is 0. The third kappa shape index (κ3) is 6.38. The Bertz CT molecular complexity index is 846. The van der Waals surface area contributed by atoms with Crippen LogP contribution in [0.25, 0.3) is 0 Å². The Labute approximate surface area is 184 Å². The van der Waals surface area contributed by atoms with E-state index >= 15 is 0 Å². The van der Waals surface area contributed by atoms with Crippen LogP contribution in [-0.2, 0) is 11.3 Å². The molecule has 1 aromatic heterocycles. The molecule has 0 saturated carbocycles. The Hall–Kier alpha value is -2.71. The maximum atomic E-state index is 5.96. The fourth-order valence-corrected chi connectivity index (χ4v) is 3.61. The molecule has 1 unspecified atom stereocenters. The summed E-state index contributed by atoms with van der Waals surface area (Å²) in [6, 6.07) is 9.95. The first kappa shape index (κ1) is 23.0. The molecule has 3 rings (SSSR count). The minimum atomic E-state index is 0.108. The van der Waals surface area contributed by atoms with Crippen molar-refractivity contribution >= 4 is 5.96 Å². The molecule has 0 amide bonds. The van der Waals surface area contributed by atoms with Crippen LogP contribution in [0.3, 0.4) is 0 Å². The van der Waals surface area contributed by atoms with Crippen LogP contribution in [0.1, 0.15) is 30.0 Å². The van der Waals surface area contributed by atoms with Crippen molar-refractivity contribution in [1.29, 1.82) is 0 Å². The van der Waals surface area contributed by atoms with Crippen LogP contribution >= 0.6 is 0 Å². The van der Waals surface area contributed by atoms with Crippen molar-refractivity contribution in [3.63, 3.8) is 0 Å². The minimum Gasteiger partial charge on any atom is -0.497 e. The number of morpholine rings is 1. The van der Waals surface area contributed by atoms with Crippen molar-refractivity contribution in [1.82, 2.24) is 15.5 Å². The van der Waals surface area contributed by atoms with E-state index in [9.17, 15) is 0 Å². The average molecular weight is 431 g/mol. The van der Waals surface area contributed by atoms with Crippen molar-refractivity contribution in [2.24, 2.45) is 4.99 Å². The summed E-state index contributed by atoms with van der Waals surface area (Å²) in [6.07, 6.45) is 0. The predicted octanol–water partition coefficient (Wildman–Crippen LogP) is 2.73. The molecule has 0 aliphatic carbocycles. The number of benzene rings is 1. The van der Waals surface area contributed by atoms with Gasteiger partial charge in [-0.15, -0.1) is 0 Å². The van der Waals surface area contributed by atoms with Crippen molar-refractivity contribution in [3.8, 4) is 11.5 Å². The van der Waals surface area contributed by atoms with Gasteiger partial charge < -0.3 is 29.3 Å². The van der Waals surface area contributed by atoms with Crippen LogP contribution in [0, 0.1) is 6.92 Å². The van der Waals surface area contributed by atoms with Gasteiger partial charge in [0.2, 0.25) is 0 Å². The topological polar surface area (TPSA) is 80.5 Å². The second-order valence-electron chi connectivity index (χ2n) is 7.37. The van der Waals surface area contributed by atoms with E-state index in [0.29, 0.717) is 13.1 Å². The lowest BCUT2D eigenvalue weighted by atomic mass is 10.1. The van der Waals surface area contributed by atoms with Gasteiger partial charge in [-0.25, -0.2) is 4.99 Å². The number of aliphatic imine (C=N–C) groups is 1. The molecule has 2 aromatic rings. The lowest BCUT2D eigenvalue weighted by molar-refractivity contribution is 0.0124. The van der Waals surface area contributed by atoms with Gasteiger partial charge >= 0.3 is 0 Å². The molecule has 2 heterocycles. The molecule has 1 fully saturated rings. The van der Waals surface area contributed by atoms with E-state index in [1.54, 1.807) is 14.2 Å². The Kier molecular flexibility index (Phi) is 8.61. The van der Waals surface area contributed by atoms with Gasteiger partial charge in [-0.3, -0.25) is 4.90 Å². The number of rotatable bonds is 9. The number of nitrogens with one attached hydrogen (secondary N) is 2. The Morgan fingerprint density at radius 2 is 1.94 bits per heavy atom. The van der Waals surface area contributed by atoms with E-state index in [2.05, 4.69) is 28.5 Å². The van der Waals surface area contributed by atoms with Gasteiger partial charge in [-0.05, 0) is 38.1 Å². The molecule has 8 heteroatoms. The van der Waals surface area contributed by atoms with E-state index in [1.165, 1.54) is 0 Å². The molecule has 0 bridgehead atoms. The molecule has 1 aliphatic rings. The van der Waals surface area contributed by atoms with Gasteiger partial charge in [0.25, 0.3) is 0 Å². The zero-order chi connectivity index (χ0) is 22.1. The lowest BCUT2D eigenvalue weighted by Gasteiger charge is -2.33.